The Morgan fingerprint density at radius 2 is 1.92 bits per heavy atom. The van der Waals surface area contributed by atoms with Crippen LogP contribution < -0.4 is 4.57 Å². The van der Waals surface area contributed by atoms with Crippen LogP contribution >= 0.6 is 11.3 Å². The molecule has 0 unspecified atom stereocenters. The van der Waals surface area contributed by atoms with Crippen LogP contribution in [0.3, 0.4) is 0 Å². The summed E-state index contributed by atoms with van der Waals surface area (Å²) in [4.78, 5) is 10.2. The van der Waals surface area contributed by atoms with E-state index < -0.39 is 0 Å². The first-order valence-corrected chi connectivity index (χ1v) is 9.04. The fourth-order valence-corrected chi connectivity index (χ4v) is 5.15. The summed E-state index contributed by atoms with van der Waals surface area (Å²) >= 11 is 1.83. The number of hydrogen-bond donors (Lipinski definition) is 0. The van der Waals surface area contributed by atoms with Gasteiger partial charge in [-0.3, -0.25) is 14.5 Å². The summed E-state index contributed by atoms with van der Waals surface area (Å²) in [7, 11) is 0. The SMILES string of the molecule is c1ccc(-n2c3cnccc3c3c2sc2[n+]3Cc3ncccc3-2)cc1. The average Bonchev–Trinajstić information content (AvgIpc) is 3.29. The van der Waals surface area contributed by atoms with Crippen molar-refractivity contribution in [3.05, 3.63) is 72.8 Å². The largest absolute Gasteiger partial charge is 0.294 e. The fourth-order valence-electron chi connectivity index (χ4n) is 3.79. The van der Waals surface area contributed by atoms with Crippen molar-refractivity contribution in [2.75, 3.05) is 0 Å². The number of pyridine rings is 2. The molecule has 0 radical (unpaired) electrons. The first kappa shape index (κ1) is 13.3. The van der Waals surface area contributed by atoms with Gasteiger partial charge in [-0.15, -0.1) is 0 Å². The topological polar surface area (TPSA) is 34.6 Å². The zero-order valence-corrected chi connectivity index (χ0v) is 14.1. The molecule has 0 fully saturated rings. The number of fused-ring (bicyclic) bond motifs is 7. The monoisotopic (exact) mass is 341 g/mol. The van der Waals surface area contributed by atoms with Crippen LogP contribution in [0.5, 0.6) is 0 Å². The summed E-state index contributed by atoms with van der Waals surface area (Å²) in [6.45, 7) is 0.835. The lowest BCUT2D eigenvalue weighted by Gasteiger charge is -2.04. The van der Waals surface area contributed by atoms with Crippen LogP contribution in [0.2, 0.25) is 0 Å². The van der Waals surface area contributed by atoms with Crippen molar-refractivity contribution in [2.45, 2.75) is 6.54 Å². The van der Waals surface area contributed by atoms with E-state index in [-0.39, 0.29) is 0 Å². The molecule has 5 aromatic rings. The van der Waals surface area contributed by atoms with E-state index in [1.165, 1.54) is 32.0 Å². The maximum atomic E-state index is 4.56. The maximum Gasteiger partial charge on any atom is 0.274 e. The zero-order chi connectivity index (χ0) is 16.4. The second kappa shape index (κ2) is 4.74. The van der Waals surface area contributed by atoms with Gasteiger partial charge in [0.2, 0.25) is 0 Å². The zero-order valence-electron chi connectivity index (χ0n) is 13.3. The van der Waals surface area contributed by atoms with E-state index in [2.05, 4.69) is 61.6 Å². The number of hydrogen-bond acceptors (Lipinski definition) is 3. The van der Waals surface area contributed by atoms with Crippen molar-refractivity contribution in [1.82, 2.24) is 14.5 Å². The number of thiazole rings is 1. The van der Waals surface area contributed by atoms with Gasteiger partial charge in [0.25, 0.3) is 10.5 Å². The molecule has 4 aromatic heterocycles. The molecule has 0 aliphatic carbocycles. The molecule has 25 heavy (non-hydrogen) atoms. The molecule has 4 nitrogen and oxygen atoms in total. The summed E-state index contributed by atoms with van der Waals surface area (Å²) in [6.07, 6.45) is 5.72. The van der Waals surface area contributed by atoms with Crippen LogP contribution in [0.25, 0.3) is 37.5 Å². The summed E-state index contributed by atoms with van der Waals surface area (Å²) in [5.41, 5.74) is 6.01. The molecule has 0 N–H and O–H groups in total. The first-order chi connectivity index (χ1) is 12.4. The van der Waals surface area contributed by atoms with Crippen LogP contribution in [-0.2, 0) is 6.54 Å². The van der Waals surface area contributed by atoms with Gasteiger partial charge < -0.3 is 0 Å². The van der Waals surface area contributed by atoms with E-state index in [4.69, 9.17) is 0 Å². The predicted octanol–water partition coefficient (Wildman–Crippen LogP) is 3.95. The molecule has 1 aliphatic rings. The first-order valence-electron chi connectivity index (χ1n) is 8.22. The molecule has 0 bridgehead atoms. The Morgan fingerprint density at radius 3 is 2.84 bits per heavy atom. The van der Waals surface area contributed by atoms with E-state index >= 15 is 0 Å². The molecular formula is C20H13N4S+. The highest BCUT2D eigenvalue weighted by molar-refractivity contribution is 7.21. The van der Waals surface area contributed by atoms with Crippen LogP contribution in [0.15, 0.2) is 67.1 Å². The number of benzene rings is 1. The third kappa shape index (κ3) is 1.68. The Kier molecular flexibility index (Phi) is 2.51. The molecule has 6 rings (SSSR count). The van der Waals surface area contributed by atoms with E-state index in [0.717, 1.165) is 17.8 Å². The Labute approximate surface area is 147 Å². The van der Waals surface area contributed by atoms with E-state index in [1.54, 1.807) is 0 Å². The van der Waals surface area contributed by atoms with E-state index in [0.29, 0.717) is 0 Å². The molecule has 0 atom stereocenters. The van der Waals surface area contributed by atoms with Gasteiger partial charge in [-0.1, -0.05) is 18.2 Å². The molecule has 1 aromatic carbocycles. The van der Waals surface area contributed by atoms with Gasteiger partial charge in [-0.25, -0.2) is 0 Å². The van der Waals surface area contributed by atoms with Crippen molar-refractivity contribution in [2.24, 2.45) is 0 Å². The summed E-state index contributed by atoms with van der Waals surface area (Å²) < 4.78 is 4.73. The maximum absolute atomic E-state index is 4.56. The van der Waals surface area contributed by atoms with E-state index in [1.807, 2.05) is 36.0 Å². The van der Waals surface area contributed by atoms with Gasteiger partial charge >= 0.3 is 0 Å². The number of nitrogens with zero attached hydrogens (tertiary/aromatic N) is 4. The number of para-hydroxylation sites is 1. The lowest BCUT2D eigenvalue weighted by molar-refractivity contribution is -0.641. The quantitative estimate of drug-likeness (QED) is 0.424. The van der Waals surface area contributed by atoms with Gasteiger partial charge in [-0.05, 0) is 41.7 Å². The smallest absolute Gasteiger partial charge is 0.274 e. The number of rotatable bonds is 1. The molecule has 0 saturated carbocycles. The summed E-state index contributed by atoms with van der Waals surface area (Å²) in [6, 6.07) is 16.8. The van der Waals surface area contributed by atoms with Gasteiger partial charge in [0.15, 0.2) is 11.4 Å². The molecule has 0 amide bonds. The highest BCUT2D eigenvalue weighted by atomic mass is 32.1. The van der Waals surface area contributed by atoms with Crippen molar-refractivity contribution in [1.29, 1.82) is 0 Å². The standard InChI is InChI=1S/C20H13N4S/c1-2-5-13(6-3-1)24-17-11-21-10-8-15(17)18-20(24)25-19-14-7-4-9-22-16(14)12-23(18)19/h1-11H,12H2/q+1. The van der Waals surface area contributed by atoms with Crippen molar-refractivity contribution in [3.8, 4) is 16.3 Å². The molecule has 0 spiro atoms. The summed E-state index contributed by atoms with van der Waals surface area (Å²) in [5.74, 6) is 0. The Balaban J connectivity index is 1.78. The third-order valence-corrected chi connectivity index (χ3v) is 6.06. The Hall–Kier alpha value is -3.05. The lowest BCUT2D eigenvalue weighted by atomic mass is 10.2. The van der Waals surface area contributed by atoms with E-state index in [9.17, 15) is 0 Å². The van der Waals surface area contributed by atoms with Crippen molar-refractivity contribution >= 4 is 32.6 Å². The minimum Gasteiger partial charge on any atom is -0.294 e. The van der Waals surface area contributed by atoms with Gasteiger partial charge in [0.05, 0.1) is 22.7 Å². The number of aromatic nitrogens is 4. The second-order valence-corrected chi connectivity index (χ2v) is 7.19. The molecular weight excluding hydrogens is 328 g/mol. The van der Waals surface area contributed by atoms with Gasteiger partial charge in [-0.2, -0.15) is 4.57 Å². The Bertz CT molecular complexity index is 1270. The molecule has 5 heteroatoms. The Morgan fingerprint density at radius 1 is 1.00 bits per heavy atom. The fraction of sp³-hybridized carbons (Fsp3) is 0.0500. The normalized spacial score (nSPS) is 12.6. The highest BCUT2D eigenvalue weighted by Crippen LogP contribution is 2.40. The van der Waals surface area contributed by atoms with Crippen LogP contribution in [-0.4, -0.2) is 14.5 Å². The molecule has 1 aliphatic heterocycles. The molecule has 0 saturated heterocycles. The summed E-state index contributed by atoms with van der Waals surface area (Å²) in [5, 5.41) is 2.53. The third-order valence-electron chi connectivity index (χ3n) is 4.85. The van der Waals surface area contributed by atoms with Crippen molar-refractivity contribution < 1.29 is 4.57 Å². The lowest BCUT2D eigenvalue weighted by Crippen LogP contribution is -2.30. The molecule has 118 valence electrons. The van der Waals surface area contributed by atoms with Gasteiger partial charge in [0.1, 0.15) is 5.69 Å². The highest BCUT2D eigenvalue weighted by Gasteiger charge is 2.36. The predicted molar refractivity (Wildman–Crippen MR) is 99.0 cm³/mol. The second-order valence-electron chi connectivity index (χ2n) is 6.21. The van der Waals surface area contributed by atoms with Crippen LogP contribution in [0.1, 0.15) is 5.69 Å². The molecule has 5 heterocycles. The average molecular weight is 341 g/mol. The van der Waals surface area contributed by atoms with Crippen LogP contribution in [0.4, 0.5) is 0 Å². The van der Waals surface area contributed by atoms with Crippen molar-refractivity contribution in [3.63, 3.8) is 0 Å². The minimum atomic E-state index is 0.835. The minimum absolute atomic E-state index is 0.835. The van der Waals surface area contributed by atoms with Crippen LogP contribution in [0, 0.1) is 0 Å². The van der Waals surface area contributed by atoms with Gasteiger partial charge in [0, 0.05) is 18.1 Å².